The van der Waals surface area contributed by atoms with Gasteiger partial charge in [-0.15, -0.1) is 0 Å². The molecule has 0 heterocycles. The molecule has 2 unspecified atom stereocenters. The monoisotopic (exact) mass is 211 g/mol. The number of halogens is 1. The lowest BCUT2D eigenvalue weighted by atomic mass is 10.2. The fourth-order valence-electron chi connectivity index (χ4n) is 1.49. The average molecular weight is 212 g/mol. The second kappa shape index (κ2) is 3.44. The van der Waals surface area contributed by atoms with E-state index in [2.05, 4.69) is 6.92 Å². The van der Waals surface area contributed by atoms with Crippen LogP contribution in [0.25, 0.3) is 0 Å². The Bertz CT molecular complexity index is 342. The number of para-hydroxylation sites is 1. The molecule has 1 aromatic rings. The summed E-state index contributed by atoms with van der Waals surface area (Å²) in [4.78, 5) is 0. The fourth-order valence-corrected chi connectivity index (χ4v) is 1.68. The van der Waals surface area contributed by atoms with Crippen LogP contribution in [-0.4, -0.2) is 12.1 Å². The summed E-state index contributed by atoms with van der Waals surface area (Å²) in [5.41, 5.74) is 5.89. The van der Waals surface area contributed by atoms with E-state index in [-0.39, 0.29) is 5.54 Å². The first kappa shape index (κ1) is 9.81. The van der Waals surface area contributed by atoms with Gasteiger partial charge in [0.2, 0.25) is 0 Å². The van der Waals surface area contributed by atoms with Gasteiger partial charge < -0.3 is 10.5 Å². The molecule has 2 rings (SSSR count). The largest absolute Gasteiger partial charge is 0.490 e. The predicted molar refractivity (Wildman–Crippen MR) is 57.6 cm³/mol. The highest BCUT2D eigenvalue weighted by Crippen LogP contribution is 2.40. The van der Waals surface area contributed by atoms with E-state index in [9.17, 15) is 0 Å². The van der Waals surface area contributed by atoms with Gasteiger partial charge in [-0.2, -0.15) is 0 Å². The third kappa shape index (κ3) is 1.86. The van der Waals surface area contributed by atoms with Gasteiger partial charge in [-0.05, 0) is 24.5 Å². The van der Waals surface area contributed by atoms with Crippen molar-refractivity contribution in [3.63, 3.8) is 0 Å². The molecule has 2 nitrogen and oxygen atoms in total. The van der Waals surface area contributed by atoms with Crippen molar-refractivity contribution in [2.24, 2.45) is 11.7 Å². The van der Waals surface area contributed by atoms with Crippen LogP contribution >= 0.6 is 11.6 Å². The molecule has 1 saturated carbocycles. The summed E-state index contributed by atoms with van der Waals surface area (Å²) in [5.74, 6) is 1.28. The molecule has 76 valence electrons. The zero-order valence-corrected chi connectivity index (χ0v) is 8.92. The minimum absolute atomic E-state index is 0.126. The maximum absolute atomic E-state index is 6.02. The quantitative estimate of drug-likeness (QED) is 0.834. The van der Waals surface area contributed by atoms with Crippen LogP contribution in [0, 0.1) is 5.92 Å². The lowest BCUT2D eigenvalue weighted by Crippen LogP contribution is -2.32. The number of hydrogen-bond donors (Lipinski definition) is 1. The first-order valence-electron chi connectivity index (χ1n) is 4.78. The second-order valence-corrected chi connectivity index (χ2v) is 4.46. The Morgan fingerprint density at radius 3 is 2.79 bits per heavy atom. The summed E-state index contributed by atoms with van der Waals surface area (Å²) in [6.45, 7) is 2.69. The van der Waals surface area contributed by atoms with E-state index in [1.54, 1.807) is 0 Å². The van der Waals surface area contributed by atoms with Crippen LogP contribution in [0.4, 0.5) is 0 Å². The van der Waals surface area contributed by atoms with Crippen molar-refractivity contribution in [3.05, 3.63) is 29.3 Å². The molecule has 0 aliphatic heterocycles. The lowest BCUT2D eigenvalue weighted by molar-refractivity contribution is 0.271. The van der Waals surface area contributed by atoms with E-state index in [0.717, 1.165) is 12.2 Å². The fraction of sp³-hybridized carbons (Fsp3) is 0.455. The number of hydrogen-bond acceptors (Lipinski definition) is 2. The van der Waals surface area contributed by atoms with Crippen LogP contribution in [0.3, 0.4) is 0 Å². The zero-order chi connectivity index (χ0) is 10.2. The Morgan fingerprint density at radius 2 is 2.21 bits per heavy atom. The molecule has 3 heteroatoms. The van der Waals surface area contributed by atoms with Crippen LogP contribution < -0.4 is 10.5 Å². The molecular formula is C11H14ClNO. The third-order valence-corrected chi connectivity index (χ3v) is 3.15. The van der Waals surface area contributed by atoms with Crippen molar-refractivity contribution in [1.29, 1.82) is 0 Å². The van der Waals surface area contributed by atoms with Crippen molar-refractivity contribution in [3.8, 4) is 5.75 Å². The number of ether oxygens (including phenoxy) is 1. The van der Waals surface area contributed by atoms with Gasteiger partial charge in [-0.1, -0.05) is 30.7 Å². The first-order valence-corrected chi connectivity index (χ1v) is 5.16. The van der Waals surface area contributed by atoms with Crippen molar-refractivity contribution in [1.82, 2.24) is 0 Å². The molecule has 1 aliphatic carbocycles. The van der Waals surface area contributed by atoms with E-state index < -0.39 is 0 Å². The van der Waals surface area contributed by atoms with E-state index in [1.807, 2.05) is 24.3 Å². The molecule has 0 saturated heterocycles. The lowest BCUT2D eigenvalue weighted by Gasteiger charge is -2.13. The van der Waals surface area contributed by atoms with Crippen molar-refractivity contribution in [2.75, 3.05) is 6.61 Å². The number of rotatable bonds is 3. The highest BCUT2D eigenvalue weighted by atomic mass is 35.5. The van der Waals surface area contributed by atoms with Crippen molar-refractivity contribution >= 4 is 11.6 Å². The van der Waals surface area contributed by atoms with Gasteiger partial charge in [0.05, 0.1) is 10.6 Å². The molecule has 0 spiro atoms. The molecule has 1 fully saturated rings. The molecule has 2 N–H and O–H groups in total. The predicted octanol–water partition coefficient (Wildman–Crippen LogP) is 2.46. The van der Waals surface area contributed by atoms with Gasteiger partial charge in [0.25, 0.3) is 0 Å². The summed E-state index contributed by atoms with van der Waals surface area (Å²) in [7, 11) is 0. The van der Waals surface area contributed by atoms with Crippen molar-refractivity contribution in [2.45, 2.75) is 18.9 Å². The maximum atomic E-state index is 6.02. The Morgan fingerprint density at radius 1 is 1.57 bits per heavy atom. The zero-order valence-electron chi connectivity index (χ0n) is 8.16. The minimum Gasteiger partial charge on any atom is -0.490 e. The Kier molecular flexibility index (Phi) is 2.41. The molecule has 0 amide bonds. The van der Waals surface area contributed by atoms with E-state index in [1.165, 1.54) is 0 Å². The SMILES string of the molecule is CC1CC1(N)COc1ccccc1Cl. The summed E-state index contributed by atoms with van der Waals surface area (Å²) in [6.07, 6.45) is 1.04. The Labute approximate surface area is 89.0 Å². The standard InChI is InChI=1S/C11H14ClNO/c1-8-6-11(8,13)7-14-10-5-3-2-4-9(10)12/h2-5,8H,6-7,13H2,1H3. The van der Waals surface area contributed by atoms with Gasteiger partial charge >= 0.3 is 0 Å². The molecule has 2 atom stereocenters. The van der Waals surface area contributed by atoms with Gasteiger partial charge in [0.15, 0.2) is 0 Å². The second-order valence-electron chi connectivity index (χ2n) is 4.06. The molecule has 1 aliphatic rings. The number of benzene rings is 1. The molecule has 1 aromatic carbocycles. The van der Waals surface area contributed by atoms with Gasteiger partial charge in [-0.25, -0.2) is 0 Å². The Hall–Kier alpha value is -0.730. The maximum Gasteiger partial charge on any atom is 0.137 e. The van der Waals surface area contributed by atoms with Crippen LogP contribution in [0.5, 0.6) is 5.75 Å². The van der Waals surface area contributed by atoms with Crippen LogP contribution in [-0.2, 0) is 0 Å². The van der Waals surface area contributed by atoms with Crippen LogP contribution in [0.2, 0.25) is 5.02 Å². The van der Waals surface area contributed by atoms with Crippen LogP contribution in [0.1, 0.15) is 13.3 Å². The highest BCUT2D eigenvalue weighted by molar-refractivity contribution is 6.32. The Balaban J connectivity index is 1.96. The normalized spacial score (nSPS) is 30.1. The highest BCUT2D eigenvalue weighted by Gasteiger charge is 2.48. The van der Waals surface area contributed by atoms with Crippen LogP contribution in [0.15, 0.2) is 24.3 Å². The van der Waals surface area contributed by atoms with Gasteiger partial charge in [0.1, 0.15) is 12.4 Å². The van der Waals surface area contributed by atoms with E-state index in [0.29, 0.717) is 17.5 Å². The molecule has 0 radical (unpaired) electrons. The number of nitrogens with two attached hydrogens (primary N) is 1. The summed E-state index contributed by atoms with van der Waals surface area (Å²) < 4.78 is 5.58. The third-order valence-electron chi connectivity index (χ3n) is 2.84. The molecular weight excluding hydrogens is 198 g/mol. The molecule has 14 heavy (non-hydrogen) atoms. The van der Waals surface area contributed by atoms with Gasteiger partial charge in [-0.3, -0.25) is 0 Å². The van der Waals surface area contributed by atoms with Crippen molar-refractivity contribution < 1.29 is 4.74 Å². The average Bonchev–Trinajstić information content (AvgIpc) is 2.74. The summed E-state index contributed by atoms with van der Waals surface area (Å²) >= 11 is 5.94. The summed E-state index contributed by atoms with van der Waals surface area (Å²) in [6, 6.07) is 7.46. The summed E-state index contributed by atoms with van der Waals surface area (Å²) in [5, 5.41) is 0.643. The smallest absolute Gasteiger partial charge is 0.137 e. The minimum atomic E-state index is -0.126. The molecule has 0 bridgehead atoms. The van der Waals surface area contributed by atoms with E-state index in [4.69, 9.17) is 22.1 Å². The first-order chi connectivity index (χ1) is 6.62. The van der Waals surface area contributed by atoms with Gasteiger partial charge in [0, 0.05) is 0 Å². The molecule has 0 aromatic heterocycles. The topological polar surface area (TPSA) is 35.2 Å². The van der Waals surface area contributed by atoms with E-state index >= 15 is 0 Å².